The summed E-state index contributed by atoms with van der Waals surface area (Å²) in [5.74, 6) is 1.92. The highest BCUT2D eigenvalue weighted by Crippen LogP contribution is 2.16. The Labute approximate surface area is 63.7 Å². The zero-order valence-corrected chi connectivity index (χ0v) is 5.66. The zero-order valence-electron chi connectivity index (χ0n) is 5.66. The highest BCUT2D eigenvalue weighted by atomic mass is 16.5. The fraction of sp³-hybridized carbons (Fsp3) is 0.125. The largest absolute Gasteiger partial charge is 0.423 e. The van der Waals surface area contributed by atoms with Crippen LogP contribution < -0.4 is 0 Å². The lowest BCUT2D eigenvalue weighted by Crippen LogP contribution is -1.97. The van der Waals surface area contributed by atoms with Crippen molar-refractivity contribution in [3.63, 3.8) is 0 Å². The number of hydrogen-bond donors (Lipinski definition) is 0. The average molecular weight is 149 g/mol. The normalized spacial score (nSPS) is 15.3. The molecule has 1 radical (unpaired) electrons. The van der Waals surface area contributed by atoms with E-state index in [1.54, 1.807) is 18.1 Å². The molecule has 0 heterocycles. The Balaban J connectivity index is 2.86. The van der Waals surface area contributed by atoms with Crippen molar-refractivity contribution in [1.29, 1.82) is 0 Å². The van der Waals surface area contributed by atoms with E-state index in [2.05, 4.69) is 4.74 Å². The van der Waals surface area contributed by atoms with Crippen LogP contribution in [0.25, 0.3) is 0 Å². The quantitative estimate of drug-likeness (QED) is 0.542. The van der Waals surface area contributed by atoms with Crippen LogP contribution in [0.15, 0.2) is 29.6 Å². The van der Waals surface area contributed by atoms with Crippen LogP contribution in [0.5, 0.6) is 0 Å². The fourth-order valence-corrected chi connectivity index (χ4v) is 0.775. The Kier molecular flexibility index (Phi) is 2.42. The van der Waals surface area contributed by atoms with Crippen molar-refractivity contribution in [2.45, 2.75) is 6.42 Å². The Morgan fingerprint density at radius 1 is 1.45 bits per heavy atom. The molecule has 3 heteroatoms. The van der Waals surface area contributed by atoms with Crippen molar-refractivity contribution in [3.8, 4) is 0 Å². The van der Waals surface area contributed by atoms with Gasteiger partial charge in [-0.2, -0.15) is 0 Å². The maximum Gasteiger partial charge on any atom is 0.423 e. The highest BCUT2D eigenvalue weighted by Gasteiger charge is 2.08. The van der Waals surface area contributed by atoms with Crippen LogP contribution in [0.2, 0.25) is 0 Å². The summed E-state index contributed by atoms with van der Waals surface area (Å²) < 4.78 is 4.39. The van der Waals surface area contributed by atoms with Crippen LogP contribution in [-0.4, -0.2) is 12.4 Å². The molecule has 0 atom stereocenters. The predicted octanol–water partition coefficient (Wildman–Crippen LogP) is 0.672. The minimum atomic E-state index is 0.234. The van der Waals surface area contributed by atoms with Crippen LogP contribution in [0, 0.1) is 0 Å². The molecule has 0 bridgehead atoms. The highest BCUT2D eigenvalue weighted by molar-refractivity contribution is 5.63. The van der Waals surface area contributed by atoms with Crippen molar-refractivity contribution < 1.29 is 14.3 Å². The Hall–Kier alpha value is -1.60. The van der Waals surface area contributed by atoms with E-state index in [1.807, 2.05) is 0 Å². The lowest BCUT2D eigenvalue weighted by molar-refractivity contribution is 0.368. The summed E-state index contributed by atoms with van der Waals surface area (Å²) in [6, 6.07) is 0. The molecule has 0 unspecified atom stereocenters. The summed E-state index contributed by atoms with van der Waals surface area (Å²) in [7, 11) is 0. The third-order valence-electron chi connectivity index (χ3n) is 1.28. The number of ether oxygens (including phenoxy) is 1. The standard InChI is InChI=1S/C8H5O3/c9-5-7-3-1-2-4-8(7)11-6-10/h1-2,4H,3H2. The molecule has 0 fully saturated rings. The SMILES string of the molecule is O=[C]OC1=CC=CCC1=C=O. The van der Waals surface area contributed by atoms with Gasteiger partial charge in [0.25, 0.3) is 0 Å². The van der Waals surface area contributed by atoms with Gasteiger partial charge in [-0.05, 0) is 6.08 Å². The van der Waals surface area contributed by atoms with Crippen molar-refractivity contribution in [1.82, 2.24) is 0 Å². The second-order valence-corrected chi connectivity index (χ2v) is 1.93. The van der Waals surface area contributed by atoms with Gasteiger partial charge in [0.2, 0.25) is 0 Å². The van der Waals surface area contributed by atoms with Gasteiger partial charge >= 0.3 is 6.47 Å². The van der Waals surface area contributed by atoms with Crippen LogP contribution in [-0.2, 0) is 14.3 Å². The molecular formula is C8H5O3. The minimum absolute atomic E-state index is 0.234. The Morgan fingerprint density at radius 3 is 2.91 bits per heavy atom. The van der Waals surface area contributed by atoms with Crippen molar-refractivity contribution >= 4 is 12.4 Å². The molecule has 0 aliphatic heterocycles. The Morgan fingerprint density at radius 2 is 2.27 bits per heavy atom. The van der Waals surface area contributed by atoms with Crippen molar-refractivity contribution in [3.05, 3.63) is 29.6 Å². The Bertz CT molecular complexity index is 267. The summed E-state index contributed by atoms with van der Waals surface area (Å²) in [5.41, 5.74) is 0.343. The first-order chi connectivity index (χ1) is 5.38. The molecule has 0 amide bonds. The maximum absolute atomic E-state index is 10.2. The van der Waals surface area contributed by atoms with Gasteiger partial charge in [0.05, 0.1) is 5.57 Å². The summed E-state index contributed by atoms with van der Waals surface area (Å²) >= 11 is 0. The first kappa shape index (κ1) is 7.51. The molecule has 1 rings (SSSR count). The number of hydrogen-bond acceptors (Lipinski definition) is 3. The van der Waals surface area contributed by atoms with Gasteiger partial charge < -0.3 is 4.74 Å². The van der Waals surface area contributed by atoms with Gasteiger partial charge in [0.15, 0.2) is 0 Å². The first-order valence-corrected chi connectivity index (χ1v) is 3.03. The topological polar surface area (TPSA) is 43.4 Å². The average Bonchev–Trinajstić information content (AvgIpc) is 2.06. The van der Waals surface area contributed by atoms with E-state index in [1.165, 1.54) is 12.5 Å². The molecule has 0 saturated heterocycles. The van der Waals surface area contributed by atoms with Crippen molar-refractivity contribution in [2.24, 2.45) is 0 Å². The molecule has 11 heavy (non-hydrogen) atoms. The van der Waals surface area contributed by atoms with E-state index >= 15 is 0 Å². The van der Waals surface area contributed by atoms with E-state index in [0.29, 0.717) is 12.0 Å². The second kappa shape index (κ2) is 3.54. The molecule has 0 spiro atoms. The van der Waals surface area contributed by atoms with Crippen LogP contribution in [0.3, 0.4) is 0 Å². The van der Waals surface area contributed by atoms with Crippen LogP contribution in [0.1, 0.15) is 6.42 Å². The molecule has 0 aromatic rings. The lowest BCUT2D eigenvalue weighted by Gasteiger charge is -2.04. The predicted molar refractivity (Wildman–Crippen MR) is 37.8 cm³/mol. The molecular weight excluding hydrogens is 144 g/mol. The van der Waals surface area contributed by atoms with E-state index < -0.39 is 0 Å². The van der Waals surface area contributed by atoms with Gasteiger partial charge in [0, 0.05) is 6.42 Å². The lowest BCUT2D eigenvalue weighted by atomic mass is 10.1. The van der Waals surface area contributed by atoms with E-state index in [-0.39, 0.29) is 5.76 Å². The monoisotopic (exact) mass is 149 g/mol. The smallest absolute Gasteiger partial charge is 0.417 e. The van der Waals surface area contributed by atoms with Crippen LogP contribution >= 0.6 is 0 Å². The molecule has 1 aliphatic rings. The molecule has 0 N–H and O–H groups in total. The van der Waals surface area contributed by atoms with Crippen molar-refractivity contribution in [2.75, 3.05) is 0 Å². The summed E-state index contributed by atoms with van der Waals surface area (Å²) in [5, 5.41) is 0. The molecule has 0 saturated carbocycles. The van der Waals surface area contributed by atoms with E-state index in [4.69, 9.17) is 0 Å². The van der Waals surface area contributed by atoms with Gasteiger partial charge in [0.1, 0.15) is 11.7 Å². The van der Waals surface area contributed by atoms with Gasteiger partial charge in [-0.1, -0.05) is 12.2 Å². The molecule has 0 aromatic heterocycles. The second-order valence-electron chi connectivity index (χ2n) is 1.93. The fourth-order valence-electron chi connectivity index (χ4n) is 0.775. The van der Waals surface area contributed by atoms with Gasteiger partial charge in [-0.25, -0.2) is 9.59 Å². The summed E-state index contributed by atoms with van der Waals surface area (Å²) in [6.07, 6.45) is 5.46. The third-order valence-corrected chi connectivity index (χ3v) is 1.28. The van der Waals surface area contributed by atoms with E-state index in [9.17, 15) is 9.59 Å². The van der Waals surface area contributed by atoms with Gasteiger partial charge in [-0.3, -0.25) is 0 Å². The first-order valence-electron chi connectivity index (χ1n) is 3.03. The minimum Gasteiger partial charge on any atom is -0.417 e. The summed E-state index contributed by atoms with van der Waals surface area (Å²) in [4.78, 5) is 20.0. The number of rotatable bonds is 2. The molecule has 55 valence electrons. The molecule has 3 nitrogen and oxygen atoms in total. The molecule has 1 aliphatic carbocycles. The van der Waals surface area contributed by atoms with Crippen LogP contribution in [0.4, 0.5) is 0 Å². The van der Waals surface area contributed by atoms with Gasteiger partial charge in [-0.15, -0.1) is 0 Å². The number of allylic oxidation sites excluding steroid dienone is 4. The third kappa shape index (κ3) is 1.66. The number of carbonyl (C=O) groups excluding carboxylic acids is 2. The molecule has 0 aromatic carbocycles. The van der Waals surface area contributed by atoms with E-state index in [0.717, 1.165) is 0 Å². The summed E-state index contributed by atoms with van der Waals surface area (Å²) in [6.45, 7) is 1.25. The maximum atomic E-state index is 10.2. The zero-order chi connectivity index (χ0) is 8.10.